The molecule has 0 unspecified atom stereocenters. The van der Waals surface area contributed by atoms with Crippen molar-refractivity contribution in [3.8, 4) is 0 Å². The lowest BCUT2D eigenvalue weighted by molar-refractivity contribution is 0.249. The zero-order chi connectivity index (χ0) is 9.64. The second kappa shape index (κ2) is 5.34. The van der Waals surface area contributed by atoms with Gasteiger partial charge in [0.2, 0.25) is 0 Å². The van der Waals surface area contributed by atoms with E-state index in [9.17, 15) is 0 Å². The highest BCUT2D eigenvalue weighted by Gasteiger charge is 2.07. The quantitative estimate of drug-likeness (QED) is 0.780. The van der Waals surface area contributed by atoms with Gasteiger partial charge in [0, 0.05) is 39.3 Å². The molecular formula is C10H17N3S. The molecule has 0 bridgehead atoms. The van der Waals surface area contributed by atoms with Gasteiger partial charge in [0.15, 0.2) is 0 Å². The minimum Gasteiger partial charge on any atom is -0.376 e. The molecule has 1 aromatic rings. The third kappa shape index (κ3) is 2.97. The smallest absolute Gasteiger partial charge is 0.0882 e. The van der Waals surface area contributed by atoms with E-state index in [0.717, 1.165) is 26.2 Å². The van der Waals surface area contributed by atoms with Crippen molar-refractivity contribution in [1.29, 1.82) is 0 Å². The van der Waals surface area contributed by atoms with E-state index < -0.39 is 0 Å². The average Bonchev–Trinajstić information content (AvgIpc) is 2.72. The molecule has 0 radical (unpaired) electrons. The lowest BCUT2D eigenvalue weighted by atomic mass is 10.3. The zero-order valence-electron chi connectivity index (χ0n) is 8.33. The van der Waals surface area contributed by atoms with Crippen LogP contribution in [0, 0.1) is 0 Å². The number of nitrogens with one attached hydrogen (secondary N) is 2. The number of nitrogens with zero attached hydrogens (tertiary/aromatic N) is 1. The highest BCUT2D eigenvalue weighted by molar-refractivity contribution is 7.14. The van der Waals surface area contributed by atoms with Gasteiger partial charge in [0.05, 0.1) is 5.00 Å². The summed E-state index contributed by atoms with van der Waals surface area (Å²) in [4.78, 5) is 2.50. The molecule has 0 spiro atoms. The fourth-order valence-electron chi connectivity index (χ4n) is 1.65. The van der Waals surface area contributed by atoms with Gasteiger partial charge in [0.25, 0.3) is 0 Å². The van der Waals surface area contributed by atoms with E-state index in [2.05, 4.69) is 33.0 Å². The van der Waals surface area contributed by atoms with E-state index in [1.807, 2.05) is 0 Å². The van der Waals surface area contributed by atoms with Crippen molar-refractivity contribution in [2.24, 2.45) is 0 Å². The molecule has 0 amide bonds. The Bertz CT molecular complexity index is 242. The lowest BCUT2D eigenvalue weighted by Gasteiger charge is -2.27. The Morgan fingerprint density at radius 2 is 2.29 bits per heavy atom. The zero-order valence-corrected chi connectivity index (χ0v) is 9.15. The molecule has 3 nitrogen and oxygen atoms in total. The highest BCUT2D eigenvalue weighted by Crippen LogP contribution is 2.14. The number of rotatable bonds is 4. The normalized spacial score (nSPS) is 18.3. The van der Waals surface area contributed by atoms with Crippen molar-refractivity contribution in [1.82, 2.24) is 10.2 Å². The van der Waals surface area contributed by atoms with Crippen LogP contribution in [0.15, 0.2) is 17.5 Å². The van der Waals surface area contributed by atoms with Crippen molar-refractivity contribution in [3.05, 3.63) is 17.5 Å². The summed E-state index contributed by atoms with van der Waals surface area (Å²) < 4.78 is 0. The van der Waals surface area contributed by atoms with Gasteiger partial charge in [-0.1, -0.05) is 0 Å². The molecule has 1 fully saturated rings. The molecular weight excluding hydrogens is 194 g/mol. The number of hydrogen-bond acceptors (Lipinski definition) is 4. The third-order valence-electron chi connectivity index (χ3n) is 2.46. The van der Waals surface area contributed by atoms with E-state index in [-0.39, 0.29) is 0 Å². The number of hydrogen-bond donors (Lipinski definition) is 2. The Hall–Kier alpha value is -0.580. The summed E-state index contributed by atoms with van der Waals surface area (Å²) in [5.74, 6) is 0. The number of anilines is 1. The van der Waals surface area contributed by atoms with Gasteiger partial charge in [-0.05, 0) is 17.5 Å². The molecule has 0 saturated carbocycles. The first kappa shape index (κ1) is 9.96. The minimum absolute atomic E-state index is 1.06. The Balaban J connectivity index is 1.62. The molecule has 1 aliphatic rings. The van der Waals surface area contributed by atoms with E-state index in [1.54, 1.807) is 11.3 Å². The van der Waals surface area contributed by atoms with Crippen LogP contribution in [0.4, 0.5) is 5.00 Å². The number of thiophene rings is 1. The Labute approximate surface area is 89.1 Å². The Morgan fingerprint density at radius 3 is 3.00 bits per heavy atom. The standard InChI is InChI=1S/C10H17N3S/c1-2-10(14-9-1)12-5-8-13-6-3-11-4-7-13/h1-2,9,11-12H,3-8H2. The molecule has 14 heavy (non-hydrogen) atoms. The van der Waals surface area contributed by atoms with E-state index in [1.165, 1.54) is 18.1 Å². The Kier molecular flexibility index (Phi) is 3.80. The van der Waals surface area contributed by atoms with Crippen LogP contribution in [-0.2, 0) is 0 Å². The van der Waals surface area contributed by atoms with Crippen LogP contribution in [0.1, 0.15) is 0 Å². The van der Waals surface area contributed by atoms with Crippen LogP contribution in [0.2, 0.25) is 0 Å². The van der Waals surface area contributed by atoms with Crippen molar-refractivity contribution in [2.45, 2.75) is 0 Å². The van der Waals surface area contributed by atoms with E-state index in [4.69, 9.17) is 0 Å². The van der Waals surface area contributed by atoms with Gasteiger partial charge in [-0.25, -0.2) is 0 Å². The minimum atomic E-state index is 1.06. The molecule has 2 N–H and O–H groups in total. The van der Waals surface area contributed by atoms with Gasteiger partial charge in [0.1, 0.15) is 0 Å². The molecule has 1 saturated heterocycles. The Morgan fingerprint density at radius 1 is 1.43 bits per heavy atom. The van der Waals surface area contributed by atoms with Gasteiger partial charge < -0.3 is 10.6 Å². The predicted molar refractivity (Wildman–Crippen MR) is 62.1 cm³/mol. The van der Waals surface area contributed by atoms with E-state index >= 15 is 0 Å². The molecule has 1 aliphatic heterocycles. The molecule has 0 aliphatic carbocycles. The fraction of sp³-hybridized carbons (Fsp3) is 0.600. The summed E-state index contributed by atoms with van der Waals surface area (Å²) in [6.07, 6.45) is 0. The van der Waals surface area contributed by atoms with Crippen LogP contribution >= 0.6 is 11.3 Å². The molecule has 0 atom stereocenters. The summed E-state index contributed by atoms with van der Waals surface area (Å²) >= 11 is 1.77. The van der Waals surface area contributed by atoms with E-state index in [0.29, 0.717) is 0 Å². The monoisotopic (exact) mass is 211 g/mol. The van der Waals surface area contributed by atoms with Crippen LogP contribution in [0.5, 0.6) is 0 Å². The summed E-state index contributed by atoms with van der Waals surface area (Å²) in [7, 11) is 0. The first-order chi connectivity index (χ1) is 6.95. The first-order valence-corrected chi connectivity index (χ1v) is 6.03. The summed E-state index contributed by atoms with van der Waals surface area (Å²) in [5.41, 5.74) is 0. The van der Waals surface area contributed by atoms with Crippen molar-refractivity contribution in [3.63, 3.8) is 0 Å². The third-order valence-corrected chi connectivity index (χ3v) is 3.29. The summed E-state index contributed by atoms with van der Waals surface area (Å²) in [6, 6.07) is 4.21. The summed E-state index contributed by atoms with van der Waals surface area (Å²) in [5, 5.41) is 10.2. The maximum Gasteiger partial charge on any atom is 0.0882 e. The molecule has 0 aromatic carbocycles. The molecule has 2 rings (SSSR count). The van der Waals surface area contributed by atoms with Crippen LogP contribution in [-0.4, -0.2) is 44.2 Å². The average molecular weight is 211 g/mol. The molecule has 4 heteroatoms. The molecule has 2 heterocycles. The predicted octanol–water partition coefficient (Wildman–Crippen LogP) is 1.07. The van der Waals surface area contributed by atoms with Gasteiger partial charge in [-0.15, -0.1) is 11.3 Å². The fourth-order valence-corrected chi connectivity index (χ4v) is 2.30. The van der Waals surface area contributed by atoms with Gasteiger partial charge in [-0.2, -0.15) is 0 Å². The van der Waals surface area contributed by atoms with Gasteiger partial charge >= 0.3 is 0 Å². The molecule has 78 valence electrons. The van der Waals surface area contributed by atoms with Gasteiger partial charge in [-0.3, -0.25) is 4.90 Å². The largest absolute Gasteiger partial charge is 0.376 e. The van der Waals surface area contributed by atoms with Crippen molar-refractivity contribution in [2.75, 3.05) is 44.6 Å². The van der Waals surface area contributed by atoms with Crippen molar-refractivity contribution >= 4 is 16.3 Å². The van der Waals surface area contributed by atoms with Crippen molar-refractivity contribution < 1.29 is 0 Å². The molecule has 1 aromatic heterocycles. The summed E-state index contributed by atoms with van der Waals surface area (Å²) in [6.45, 7) is 6.86. The maximum atomic E-state index is 3.43. The van der Waals surface area contributed by atoms with Crippen LogP contribution < -0.4 is 10.6 Å². The first-order valence-electron chi connectivity index (χ1n) is 5.15. The second-order valence-electron chi connectivity index (χ2n) is 3.50. The second-order valence-corrected chi connectivity index (χ2v) is 4.44. The highest BCUT2D eigenvalue weighted by atomic mass is 32.1. The number of piperazine rings is 1. The SMILES string of the molecule is c1csc(NCCN2CCNCC2)c1. The topological polar surface area (TPSA) is 27.3 Å². The maximum absolute atomic E-state index is 3.43. The lowest BCUT2D eigenvalue weighted by Crippen LogP contribution is -2.45. The van der Waals surface area contributed by atoms with Crippen LogP contribution in [0.3, 0.4) is 0 Å². The van der Waals surface area contributed by atoms with Crippen LogP contribution in [0.25, 0.3) is 0 Å².